The van der Waals surface area contributed by atoms with Crippen LogP contribution in [-0.2, 0) is 4.79 Å². The Kier molecular flexibility index (Phi) is 4.27. The average molecular weight is 264 g/mol. The number of aliphatic hydroxyl groups is 1. The first-order chi connectivity index (χ1) is 9.15. The van der Waals surface area contributed by atoms with E-state index in [0.717, 1.165) is 24.4 Å². The molecule has 1 amide bonds. The van der Waals surface area contributed by atoms with Crippen molar-refractivity contribution < 1.29 is 14.6 Å². The van der Waals surface area contributed by atoms with Crippen LogP contribution >= 0.6 is 0 Å². The Balaban J connectivity index is 2.25. The highest BCUT2D eigenvalue weighted by molar-refractivity contribution is 5.86. The second-order valence-corrected chi connectivity index (χ2v) is 4.79. The first-order valence-corrected chi connectivity index (χ1v) is 6.47. The van der Waals surface area contributed by atoms with Crippen molar-refractivity contribution in [3.05, 3.63) is 24.3 Å². The van der Waals surface area contributed by atoms with Crippen LogP contribution < -0.4 is 15.0 Å². The summed E-state index contributed by atoms with van der Waals surface area (Å²) in [5.74, 6) is 0.653. The first-order valence-electron chi connectivity index (χ1n) is 6.47. The third kappa shape index (κ3) is 2.98. The van der Waals surface area contributed by atoms with Crippen molar-refractivity contribution in [1.29, 1.82) is 0 Å². The lowest BCUT2D eigenvalue weighted by molar-refractivity contribution is -0.123. The van der Waals surface area contributed by atoms with Crippen LogP contribution in [0, 0.1) is 0 Å². The molecular formula is C14H20N2O3. The van der Waals surface area contributed by atoms with Crippen LogP contribution in [0.5, 0.6) is 5.75 Å². The molecule has 19 heavy (non-hydrogen) atoms. The third-order valence-corrected chi connectivity index (χ3v) is 3.45. The molecule has 1 aliphatic rings. The van der Waals surface area contributed by atoms with Gasteiger partial charge < -0.3 is 20.1 Å². The van der Waals surface area contributed by atoms with Crippen LogP contribution in [0.1, 0.15) is 13.3 Å². The number of carbonyl (C=O) groups is 1. The summed E-state index contributed by atoms with van der Waals surface area (Å²) in [5.41, 5.74) is 0.920. The van der Waals surface area contributed by atoms with E-state index in [9.17, 15) is 9.90 Å². The molecule has 0 saturated carbocycles. The van der Waals surface area contributed by atoms with Crippen molar-refractivity contribution in [1.82, 2.24) is 5.32 Å². The van der Waals surface area contributed by atoms with Gasteiger partial charge in [0.2, 0.25) is 5.91 Å². The molecule has 0 aliphatic carbocycles. The Morgan fingerprint density at radius 3 is 2.68 bits per heavy atom. The minimum Gasteiger partial charge on any atom is -0.497 e. The number of ether oxygens (including phenoxy) is 1. The summed E-state index contributed by atoms with van der Waals surface area (Å²) in [6, 6.07) is 7.13. The molecule has 1 heterocycles. The molecule has 2 rings (SSSR count). The normalized spacial score (nSPS) is 23.7. The van der Waals surface area contributed by atoms with E-state index in [1.165, 1.54) is 0 Å². The van der Waals surface area contributed by atoms with Gasteiger partial charge in [-0.2, -0.15) is 0 Å². The Labute approximate surface area is 113 Å². The lowest BCUT2D eigenvalue weighted by Crippen LogP contribution is -2.47. The standard InChI is InChI=1S/C14H20N2O3/c1-10-7-8-16(13(9-17)14(18)15-10)11-3-5-12(19-2)6-4-11/h3-6,10,13,17H,7-9H2,1-2H3,(H,15,18). The topological polar surface area (TPSA) is 61.8 Å². The number of aliphatic hydroxyl groups excluding tert-OH is 1. The predicted molar refractivity (Wildman–Crippen MR) is 73.4 cm³/mol. The van der Waals surface area contributed by atoms with Crippen LogP contribution in [0.4, 0.5) is 5.69 Å². The summed E-state index contributed by atoms with van der Waals surface area (Å²) < 4.78 is 5.13. The molecule has 0 aromatic heterocycles. The molecule has 104 valence electrons. The molecule has 0 radical (unpaired) electrons. The maximum absolute atomic E-state index is 12.0. The van der Waals surface area contributed by atoms with Gasteiger partial charge in [-0.1, -0.05) is 0 Å². The van der Waals surface area contributed by atoms with Gasteiger partial charge in [0, 0.05) is 18.3 Å². The Morgan fingerprint density at radius 2 is 2.11 bits per heavy atom. The minimum atomic E-state index is -0.529. The fraction of sp³-hybridized carbons (Fsp3) is 0.500. The van der Waals surface area contributed by atoms with Crippen molar-refractivity contribution >= 4 is 11.6 Å². The van der Waals surface area contributed by atoms with Crippen molar-refractivity contribution in [2.45, 2.75) is 25.4 Å². The zero-order valence-electron chi connectivity index (χ0n) is 11.3. The van der Waals surface area contributed by atoms with E-state index in [4.69, 9.17) is 4.74 Å². The molecular weight excluding hydrogens is 244 g/mol. The molecule has 2 unspecified atom stereocenters. The van der Waals surface area contributed by atoms with Crippen LogP contribution in [-0.4, -0.2) is 43.4 Å². The van der Waals surface area contributed by atoms with E-state index in [1.54, 1.807) is 7.11 Å². The van der Waals surface area contributed by atoms with E-state index in [-0.39, 0.29) is 18.6 Å². The van der Waals surface area contributed by atoms with Gasteiger partial charge in [0.15, 0.2) is 0 Å². The maximum atomic E-state index is 12.0. The number of rotatable bonds is 3. The molecule has 1 fully saturated rings. The van der Waals surface area contributed by atoms with Gasteiger partial charge >= 0.3 is 0 Å². The maximum Gasteiger partial charge on any atom is 0.245 e. The van der Waals surface area contributed by atoms with Crippen molar-refractivity contribution in [3.63, 3.8) is 0 Å². The quantitative estimate of drug-likeness (QED) is 0.846. The first kappa shape index (κ1) is 13.7. The summed E-state index contributed by atoms with van der Waals surface area (Å²) in [6.07, 6.45) is 0.855. The summed E-state index contributed by atoms with van der Waals surface area (Å²) in [5, 5.41) is 12.4. The molecule has 1 aromatic rings. The highest BCUT2D eigenvalue weighted by Gasteiger charge is 2.29. The number of methoxy groups -OCH3 is 1. The Hall–Kier alpha value is -1.75. The number of anilines is 1. The van der Waals surface area contributed by atoms with Crippen molar-refractivity contribution in [2.24, 2.45) is 0 Å². The number of nitrogens with zero attached hydrogens (tertiary/aromatic N) is 1. The summed E-state index contributed by atoms with van der Waals surface area (Å²) >= 11 is 0. The summed E-state index contributed by atoms with van der Waals surface area (Å²) in [7, 11) is 1.62. The smallest absolute Gasteiger partial charge is 0.245 e. The summed E-state index contributed by atoms with van der Waals surface area (Å²) in [4.78, 5) is 14.0. The highest BCUT2D eigenvalue weighted by Crippen LogP contribution is 2.23. The zero-order chi connectivity index (χ0) is 13.8. The number of benzene rings is 1. The molecule has 2 N–H and O–H groups in total. The van der Waals surface area contributed by atoms with Crippen LogP contribution in [0.3, 0.4) is 0 Å². The number of hydrogen-bond donors (Lipinski definition) is 2. The molecule has 0 bridgehead atoms. The molecule has 1 saturated heterocycles. The van der Waals surface area contributed by atoms with Crippen LogP contribution in [0.25, 0.3) is 0 Å². The van der Waals surface area contributed by atoms with E-state index in [0.29, 0.717) is 0 Å². The number of hydrogen-bond acceptors (Lipinski definition) is 4. The number of amides is 1. The predicted octanol–water partition coefficient (Wildman–Crippen LogP) is 0.771. The molecule has 5 heteroatoms. The second kappa shape index (κ2) is 5.93. The van der Waals surface area contributed by atoms with Gasteiger partial charge in [0.1, 0.15) is 11.8 Å². The zero-order valence-corrected chi connectivity index (χ0v) is 11.3. The van der Waals surface area contributed by atoms with Gasteiger partial charge in [-0.3, -0.25) is 4.79 Å². The van der Waals surface area contributed by atoms with Crippen LogP contribution in [0.15, 0.2) is 24.3 Å². The Morgan fingerprint density at radius 1 is 1.42 bits per heavy atom. The van der Waals surface area contributed by atoms with Gasteiger partial charge in [-0.25, -0.2) is 0 Å². The largest absolute Gasteiger partial charge is 0.497 e. The fourth-order valence-corrected chi connectivity index (χ4v) is 2.31. The second-order valence-electron chi connectivity index (χ2n) is 4.79. The van der Waals surface area contributed by atoms with Crippen molar-refractivity contribution in [3.8, 4) is 5.75 Å². The van der Waals surface area contributed by atoms with Crippen LogP contribution in [0.2, 0.25) is 0 Å². The molecule has 2 atom stereocenters. The highest BCUT2D eigenvalue weighted by atomic mass is 16.5. The summed E-state index contributed by atoms with van der Waals surface area (Å²) in [6.45, 7) is 2.52. The van der Waals surface area contributed by atoms with E-state index < -0.39 is 6.04 Å². The molecule has 5 nitrogen and oxygen atoms in total. The van der Waals surface area contributed by atoms with Gasteiger partial charge in [0.25, 0.3) is 0 Å². The van der Waals surface area contributed by atoms with Gasteiger partial charge in [0.05, 0.1) is 13.7 Å². The lowest BCUT2D eigenvalue weighted by atomic mass is 10.2. The number of carbonyl (C=O) groups excluding carboxylic acids is 1. The van der Waals surface area contributed by atoms with Crippen molar-refractivity contribution in [2.75, 3.05) is 25.2 Å². The molecule has 0 spiro atoms. The molecule has 1 aliphatic heterocycles. The van der Waals surface area contributed by atoms with E-state index in [2.05, 4.69) is 5.32 Å². The van der Waals surface area contributed by atoms with E-state index >= 15 is 0 Å². The Bertz CT molecular complexity index is 433. The SMILES string of the molecule is COc1ccc(N2CCC(C)NC(=O)C2CO)cc1. The van der Waals surface area contributed by atoms with Gasteiger partial charge in [-0.05, 0) is 37.6 Å². The monoisotopic (exact) mass is 264 g/mol. The lowest BCUT2D eigenvalue weighted by Gasteiger charge is -2.29. The minimum absolute atomic E-state index is 0.122. The fourth-order valence-electron chi connectivity index (χ4n) is 2.31. The number of nitrogens with one attached hydrogen (secondary N) is 1. The molecule has 1 aromatic carbocycles. The van der Waals surface area contributed by atoms with Gasteiger partial charge in [-0.15, -0.1) is 0 Å². The average Bonchev–Trinajstić information content (AvgIpc) is 2.57. The third-order valence-electron chi connectivity index (χ3n) is 3.45. The van der Waals surface area contributed by atoms with E-state index in [1.807, 2.05) is 36.1 Å².